The Labute approximate surface area is 77.9 Å². The third-order valence-electron chi connectivity index (χ3n) is 2.05. The predicted molar refractivity (Wildman–Crippen MR) is 56.0 cm³/mol. The van der Waals surface area contributed by atoms with Gasteiger partial charge in [0.05, 0.1) is 0 Å². The van der Waals surface area contributed by atoms with Gasteiger partial charge in [0, 0.05) is 6.54 Å². The molecule has 0 aliphatic rings. The Morgan fingerprint density at radius 1 is 0.917 bits per heavy atom. The first kappa shape index (κ1) is 12.0. The maximum Gasteiger partial charge on any atom is 0.0221 e. The molecule has 0 aromatic heterocycles. The zero-order valence-corrected chi connectivity index (χ0v) is 8.73. The number of rotatable bonds is 9. The third-order valence-corrected chi connectivity index (χ3v) is 2.05. The van der Waals surface area contributed by atoms with Crippen molar-refractivity contribution in [3.05, 3.63) is 6.54 Å². The summed E-state index contributed by atoms with van der Waals surface area (Å²) in [6, 6.07) is 0. The second kappa shape index (κ2) is 11.0. The zero-order chi connectivity index (χ0) is 9.07. The fraction of sp³-hybridized carbons (Fsp3) is 0.909. The second-order valence-corrected chi connectivity index (χ2v) is 3.32. The molecule has 1 heteroatoms. The lowest BCUT2D eigenvalue weighted by Gasteiger charge is -2.00. The Kier molecular flexibility index (Phi) is 10.9. The molecule has 0 atom stereocenters. The smallest absolute Gasteiger partial charge is 0.0221 e. The van der Waals surface area contributed by atoms with Crippen LogP contribution in [-0.2, 0) is 0 Å². The van der Waals surface area contributed by atoms with Crippen LogP contribution in [0.25, 0.3) is 0 Å². The van der Waals surface area contributed by atoms with E-state index >= 15 is 0 Å². The first-order chi connectivity index (χ1) is 5.91. The van der Waals surface area contributed by atoms with Crippen LogP contribution in [0, 0.1) is 6.54 Å². The summed E-state index contributed by atoms with van der Waals surface area (Å²) in [5, 5.41) is 3.23. The van der Waals surface area contributed by atoms with E-state index < -0.39 is 0 Å². The molecule has 0 fully saturated rings. The molecular formula is C11H24N. The van der Waals surface area contributed by atoms with Crippen molar-refractivity contribution in [2.45, 2.75) is 58.8 Å². The van der Waals surface area contributed by atoms with Crippen LogP contribution in [0.15, 0.2) is 0 Å². The molecule has 1 N–H and O–H groups in total. The van der Waals surface area contributed by atoms with Crippen molar-refractivity contribution < 1.29 is 0 Å². The molecule has 0 spiro atoms. The van der Waals surface area contributed by atoms with E-state index in [-0.39, 0.29) is 0 Å². The van der Waals surface area contributed by atoms with Crippen LogP contribution < -0.4 is 5.32 Å². The zero-order valence-electron chi connectivity index (χ0n) is 8.73. The van der Waals surface area contributed by atoms with Gasteiger partial charge in [0.25, 0.3) is 0 Å². The summed E-state index contributed by atoms with van der Waals surface area (Å²) in [4.78, 5) is 0. The SMILES string of the molecule is CCCCCCCC[CH]NCC. The lowest BCUT2D eigenvalue weighted by molar-refractivity contribution is 0.595. The van der Waals surface area contributed by atoms with E-state index in [2.05, 4.69) is 25.7 Å². The normalized spacial score (nSPS) is 10.5. The standard InChI is InChI=1S/C11H24N/c1-3-5-6-7-8-9-10-11-12-4-2/h11-12H,3-10H2,1-2H3. The highest BCUT2D eigenvalue weighted by Gasteiger charge is 1.89. The fourth-order valence-corrected chi connectivity index (χ4v) is 1.27. The molecule has 0 heterocycles. The first-order valence-electron chi connectivity index (χ1n) is 5.46. The maximum atomic E-state index is 3.23. The molecule has 0 aliphatic heterocycles. The van der Waals surface area contributed by atoms with Gasteiger partial charge in [-0.25, -0.2) is 0 Å². The quantitative estimate of drug-likeness (QED) is 0.522. The van der Waals surface area contributed by atoms with E-state index in [1.807, 2.05) is 0 Å². The number of unbranched alkanes of at least 4 members (excludes halogenated alkanes) is 6. The van der Waals surface area contributed by atoms with E-state index in [4.69, 9.17) is 0 Å². The molecule has 0 saturated carbocycles. The number of hydrogen-bond donors (Lipinski definition) is 1. The molecule has 12 heavy (non-hydrogen) atoms. The van der Waals surface area contributed by atoms with Gasteiger partial charge in [-0.05, 0) is 13.0 Å². The van der Waals surface area contributed by atoms with E-state index in [9.17, 15) is 0 Å². The summed E-state index contributed by atoms with van der Waals surface area (Å²) in [7, 11) is 0. The van der Waals surface area contributed by atoms with Crippen LogP contribution in [-0.4, -0.2) is 6.54 Å². The van der Waals surface area contributed by atoms with Crippen LogP contribution >= 0.6 is 0 Å². The van der Waals surface area contributed by atoms with Crippen LogP contribution in [0.3, 0.4) is 0 Å². The third kappa shape index (κ3) is 9.96. The largest absolute Gasteiger partial charge is 0.313 e. The van der Waals surface area contributed by atoms with Gasteiger partial charge >= 0.3 is 0 Å². The van der Waals surface area contributed by atoms with Crippen molar-refractivity contribution in [3.63, 3.8) is 0 Å². The average Bonchev–Trinajstić information content (AvgIpc) is 2.10. The van der Waals surface area contributed by atoms with Gasteiger partial charge in [-0.1, -0.05) is 52.4 Å². The highest BCUT2D eigenvalue weighted by Crippen LogP contribution is 2.06. The summed E-state index contributed by atoms with van der Waals surface area (Å²) < 4.78 is 0. The second-order valence-electron chi connectivity index (χ2n) is 3.32. The van der Waals surface area contributed by atoms with Crippen molar-refractivity contribution in [1.82, 2.24) is 5.32 Å². The summed E-state index contributed by atoms with van der Waals surface area (Å²) in [5.74, 6) is 0. The fourth-order valence-electron chi connectivity index (χ4n) is 1.27. The Balaban J connectivity index is 2.73. The summed E-state index contributed by atoms with van der Waals surface area (Å²) in [6.45, 7) is 7.66. The van der Waals surface area contributed by atoms with E-state index in [0.29, 0.717) is 0 Å². The highest BCUT2D eigenvalue weighted by molar-refractivity contribution is 4.59. The molecule has 0 aromatic carbocycles. The summed E-state index contributed by atoms with van der Waals surface area (Å²) >= 11 is 0. The minimum absolute atomic E-state index is 1.07. The van der Waals surface area contributed by atoms with Gasteiger partial charge in [-0.3, -0.25) is 0 Å². The number of hydrogen-bond acceptors (Lipinski definition) is 1. The molecule has 0 aromatic rings. The first-order valence-corrected chi connectivity index (χ1v) is 5.46. The van der Waals surface area contributed by atoms with E-state index in [0.717, 1.165) is 6.54 Å². The predicted octanol–water partition coefficient (Wildman–Crippen LogP) is 3.51. The summed E-state index contributed by atoms with van der Waals surface area (Å²) in [6.07, 6.45) is 9.62. The minimum Gasteiger partial charge on any atom is -0.313 e. The average molecular weight is 170 g/mol. The molecule has 0 amide bonds. The Hall–Kier alpha value is -0.0400. The van der Waals surface area contributed by atoms with Crippen molar-refractivity contribution in [2.75, 3.05) is 6.54 Å². The molecule has 1 radical (unpaired) electrons. The van der Waals surface area contributed by atoms with E-state index in [1.165, 1.54) is 44.9 Å². The molecule has 0 aliphatic carbocycles. The van der Waals surface area contributed by atoms with Crippen LogP contribution in [0.4, 0.5) is 0 Å². The monoisotopic (exact) mass is 170 g/mol. The van der Waals surface area contributed by atoms with Crippen molar-refractivity contribution in [1.29, 1.82) is 0 Å². The molecular weight excluding hydrogens is 146 g/mol. The van der Waals surface area contributed by atoms with Crippen LogP contribution in [0.2, 0.25) is 0 Å². The van der Waals surface area contributed by atoms with Gasteiger partial charge in [0.2, 0.25) is 0 Å². The Morgan fingerprint density at radius 2 is 1.58 bits per heavy atom. The van der Waals surface area contributed by atoms with Gasteiger partial charge < -0.3 is 5.32 Å². The maximum absolute atomic E-state index is 3.23. The topological polar surface area (TPSA) is 12.0 Å². The molecule has 1 nitrogen and oxygen atoms in total. The molecule has 0 unspecified atom stereocenters. The van der Waals surface area contributed by atoms with Crippen LogP contribution in [0.5, 0.6) is 0 Å². The molecule has 0 bridgehead atoms. The summed E-state index contributed by atoms with van der Waals surface area (Å²) in [5.41, 5.74) is 0. The van der Waals surface area contributed by atoms with Crippen molar-refractivity contribution >= 4 is 0 Å². The lowest BCUT2D eigenvalue weighted by Crippen LogP contribution is -2.07. The Morgan fingerprint density at radius 3 is 2.25 bits per heavy atom. The van der Waals surface area contributed by atoms with Crippen molar-refractivity contribution in [2.24, 2.45) is 0 Å². The molecule has 0 saturated heterocycles. The minimum atomic E-state index is 1.07. The van der Waals surface area contributed by atoms with Gasteiger partial charge in [0.1, 0.15) is 0 Å². The highest BCUT2D eigenvalue weighted by atomic mass is 14.8. The van der Waals surface area contributed by atoms with Gasteiger partial charge in [0.15, 0.2) is 0 Å². The van der Waals surface area contributed by atoms with Gasteiger partial charge in [-0.15, -0.1) is 0 Å². The van der Waals surface area contributed by atoms with Crippen molar-refractivity contribution in [3.8, 4) is 0 Å². The van der Waals surface area contributed by atoms with Crippen LogP contribution in [0.1, 0.15) is 58.8 Å². The molecule has 0 rings (SSSR count). The number of nitrogens with one attached hydrogen (secondary N) is 1. The lowest BCUT2D eigenvalue weighted by atomic mass is 10.1. The van der Waals surface area contributed by atoms with E-state index in [1.54, 1.807) is 0 Å². The molecule has 73 valence electrons. The Bertz CT molecular complexity index is 61.4. The van der Waals surface area contributed by atoms with Gasteiger partial charge in [-0.2, -0.15) is 0 Å².